The van der Waals surface area contributed by atoms with Crippen LogP contribution < -0.4 is 19.1 Å². The summed E-state index contributed by atoms with van der Waals surface area (Å²) < 4.78 is 62.5. The number of piperidine rings is 1. The van der Waals surface area contributed by atoms with Crippen LogP contribution in [0.2, 0.25) is 0 Å². The van der Waals surface area contributed by atoms with Crippen LogP contribution in [0.15, 0.2) is 30.7 Å². The summed E-state index contributed by atoms with van der Waals surface area (Å²) in [6.45, 7) is 10.1. The Kier molecular flexibility index (Phi) is 10.1. The van der Waals surface area contributed by atoms with E-state index in [0.717, 1.165) is 71.2 Å². The van der Waals surface area contributed by atoms with Crippen molar-refractivity contribution >= 4 is 21.9 Å². The number of hydrogen-bond acceptors (Lipinski definition) is 10. The minimum Gasteiger partial charge on any atom is -0.451 e. The lowest BCUT2D eigenvalue weighted by Crippen LogP contribution is -2.61. The fourth-order valence-corrected chi connectivity index (χ4v) is 8.78. The SMILES string of the molecule is C[C@@H]1COC[C@@H](C)N1C(=O)c1cc(F)ccc1Oc1cncnc1N1CC2(CCN(C[C@@H]3CC[C@@H](NS(=O)(=O)NCC4CC4)CO3)CC2)C1. The molecular weight excluding hydrogens is 653 g/mol. The van der Waals surface area contributed by atoms with Crippen molar-refractivity contribution in [2.24, 2.45) is 11.3 Å². The average Bonchev–Trinajstić information content (AvgIpc) is 3.90. The summed E-state index contributed by atoms with van der Waals surface area (Å²) >= 11 is 0. The molecule has 4 saturated heterocycles. The third-order valence-electron chi connectivity index (χ3n) is 10.6. The Labute approximate surface area is 288 Å². The second kappa shape index (κ2) is 14.3. The molecule has 1 spiro atoms. The molecule has 1 amide bonds. The highest BCUT2D eigenvalue weighted by Crippen LogP contribution is 2.45. The van der Waals surface area contributed by atoms with Gasteiger partial charge in [-0.05, 0) is 89.6 Å². The lowest BCUT2D eigenvalue weighted by Gasteiger charge is -2.54. The van der Waals surface area contributed by atoms with Crippen molar-refractivity contribution in [3.63, 3.8) is 0 Å². The van der Waals surface area contributed by atoms with E-state index in [-0.39, 0.29) is 46.9 Å². The minimum absolute atomic E-state index is 0.103. The Bertz CT molecular complexity index is 1580. The van der Waals surface area contributed by atoms with Gasteiger partial charge in [0, 0.05) is 37.6 Å². The van der Waals surface area contributed by atoms with E-state index >= 15 is 0 Å². The topological polar surface area (TPSA) is 138 Å². The fourth-order valence-electron chi connectivity index (χ4n) is 7.62. The highest BCUT2D eigenvalue weighted by molar-refractivity contribution is 7.87. The van der Waals surface area contributed by atoms with Gasteiger partial charge in [0.15, 0.2) is 11.6 Å². The van der Waals surface area contributed by atoms with Crippen molar-refractivity contribution in [3.05, 3.63) is 42.1 Å². The van der Waals surface area contributed by atoms with Crippen molar-refractivity contribution in [2.75, 3.05) is 64.0 Å². The molecule has 2 aromatic rings. The van der Waals surface area contributed by atoms with Crippen molar-refractivity contribution < 1.29 is 31.8 Å². The minimum atomic E-state index is -3.49. The van der Waals surface area contributed by atoms with E-state index in [9.17, 15) is 17.6 Å². The zero-order valence-electron chi connectivity index (χ0n) is 28.4. The fraction of sp³-hybridized carbons (Fsp3) is 0.676. The maximum Gasteiger partial charge on any atom is 0.277 e. The molecule has 49 heavy (non-hydrogen) atoms. The van der Waals surface area contributed by atoms with Crippen LogP contribution in [0.5, 0.6) is 11.5 Å². The molecule has 5 aliphatic rings. The second-order valence-electron chi connectivity index (χ2n) is 14.7. The predicted molar refractivity (Wildman–Crippen MR) is 180 cm³/mol. The molecule has 5 fully saturated rings. The lowest BCUT2D eigenvalue weighted by atomic mass is 9.72. The first-order valence-corrected chi connectivity index (χ1v) is 19.1. The van der Waals surface area contributed by atoms with E-state index < -0.39 is 16.0 Å². The number of nitrogens with zero attached hydrogens (tertiary/aromatic N) is 5. The molecule has 1 aromatic carbocycles. The van der Waals surface area contributed by atoms with E-state index in [1.54, 1.807) is 11.1 Å². The molecular formula is C34H48FN7O6S. The van der Waals surface area contributed by atoms with Gasteiger partial charge in [-0.1, -0.05) is 0 Å². The molecule has 1 aromatic heterocycles. The smallest absolute Gasteiger partial charge is 0.277 e. The third-order valence-corrected chi connectivity index (χ3v) is 11.8. The van der Waals surface area contributed by atoms with Gasteiger partial charge in [0.25, 0.3) is 16.1 Å². The van der Waals surface area contributed by atoms with Crippen LogP contribution >= 0.6 is 0 Å². The number of anilines is 1. The highest BCUT2D eigenvalue weighted by Gasteiger charge is 2.46. The number of likely N-dealkylation sites (tertiary alicyclic amines) is 1. The van der Waals surface area contributed by atoms with Crippen molar-refractivity contribution in [1.29, 1.82) is 0 Å². The molecule has 13 nitrogen and oxygen atoms in total. The Balaban J connectivity index is 0.907. The zero-order valence-corrected chi connectivity index (χ0v) is 29.2. The number of hydrogen-bond donors (Lipinski definition) is 2. The first-order valence-electron chi connectivity index (χ1n) is 17.6. The molecule has 0 bridgehead atoms. The predicted octanol–water partition coefficient (Wildman–Crippen LogP) is 2.94. The van der Waals surface area contributed by atoms with Gasteiger partial charge in [0.05, 0.1) is 49.8 Å². The van der Waals surface area contributed by atoms with E-state index in [4.69, 9.17) is 14.2 Å². The zero-order chi connectivity index (χ0) is 34.2. The molecule has 5 heterocycles. The van der Waals surface area contributed by atoms with Gasteiger partial charge in [0.2, 0.25) is 0 Å². The molecule has 2 N–H and O–H groups in total. The Morgan fingerprint density at radius 1 is 1.06 bits per heavy atom. The van der Waals surface area contributed by atoms with Crippen LogP contribution in [0.25, 0.3) is 0 Å². The number of amides is 1. The molecule has 0 unspecified atom stereocenters. The number of nitrogens with one attached hydrogen (secondary N) is 2. The molecule has 4 atom stereocenters. The van der Waals surface area contributed by atoms with Gasteiger partial charge >= 0.3 is 0 Å². The molecule has 268 valence electrons. The molecule has 1 aliphatic carbocycles. The first-order chi connectivity index (χ1) is 23.6. The van der Waals surface area contributed by atoms with Gasteiger partial charge in [0.1, 0.15) is 17.9 Å². The molecule has 0 radical (unpaired) electrons. The maximum atomic E-state index is 14.4. The highest BCUT2D eigenvalue weighted by atomic mass is 32.2. The van der Waals surface area contributed by atoms with Crippen LogP contribution in [-0.4, -0.2) is 117 Å². The monoisotopic (exact) mass is 701 g/mol. The Morgan fingerprint density at radius 3 is 2.51 bits per heavy atom. The lowest BCUT2D eigenvalue weighted by molar-refractivity contribution is -0.0299. The van der Waals surface area contributed by atoms with E-state index in [1.165, 1.54) is 24.5 Å². The molecule has 7 rings (SSSR count). The maximum absolute atomic E-state index is 14.4. The number of benzene rings is 1. The van der Waals surface area contributed by atoms with E-state index in [2.05, 4.69) is 29.2 Å². The van der Waals surface area contributed by atoms with Crippen LogP contribution in [0, 0.1) is 17.2 Å². The number of rotatable bonds is 11. The molecule has 1 saturated carbocycles. The van der Waals surface area contributed by atoms with Crippen LogP contribution in [0.1, 0.15) is 62.7 Å². The van der Waals surface area contributed by atoms with Gasteiger partial charge < -0.3 is 28.9 Å². The van der Waals surface area contributed by atoms with Gasteiger partial charge in [-0.15, -0.1) is 0 Å². The van der Waals surface area contributed by atoms with Gasteiger partial charge in [-0.2, -0.15) is 13.1 Å². The van der Waals surface area contributed by atoms with Crippen LogP contribution in [-0.2, 0) is 19.7 Å². The number of carbonyl (C=O) groups is 1. The van der Waals surface area contributed by atoms with Gasteiger partial charge in [-0.25, -0.2) is 19.1 Å². The molecule has 4 aliphatic heterocycles. The average molecular weight is 702 g/mol. The van der Waals surface area contributed by atoms with Crippen molar-refractivity contribution in [1.82, 2.24) is 29.2 Å². The second-order valence-corrected chi connectivity index (χ2v) is 16.2. The summed E-state index contributed by atoms with van der Waals surface area (Å²) in [5.41, 5.74) is 0.338. The number of carbonyl (C=O) groups excluding carboxylic acids is 1. The van der Waals surface area contributed by atoms with Gasteiger partial charge in [-0.3, -0.25) is 4.79 Å². The Morgan fingerprint density at radius 2 is 1.82 bits per heavy atom. The Hall–Kier alpha value is -2.95. The van der Waals surface area contributed by atoms with Crippen LogP contribution in [0.4, 0.5) is 10.2 Å². The number of aromatic nitrogens is 2. The summed E-state index contributed by atoms with van der Waals surface area (Å²) in [4.78, 5) is 28.8. The summed E-state index contributed by atoms with van der Waals surface area (Å²) in [5, 5.41) is 0. The normalized spacial score (nSPS) is 27.6. The summed E-state index contributed by atoms with van der Waals surface area (Å²) in [5.74, 6) is 1.02. The van der Waals surface area contributed by atoms with Crippen molar-refractivity contribution in [3.8, 4) is 11.5 Å². The third kappa shape index (κ3) is 8.18. The number of ether oxygens (including phenoxy) is 3. The first kappa shape index (κ1) is 34.5. The van der Waals surface area contributed by atoms with Crippen molar-refractivity contribution in [2.45, 2.75) is 76.6 Å². The molecule has 15 heteroatoms. The number of morpholine rings is 1. The largest absolute Gasteiger partial charge is 0.451 e. The quantitative estimate of drug-likeness (QED) is 0.360. The van der Waals surface area contributed by atoms with Crippen LogP contribution in [0.3, 0.4) is 0 Å². The summed E-state index contributed by atoms with van der Waals surface area (Å²) in [6, 6.07) is 3.52. The summed E-state index contributed by atoms with van der Waals surface area (Å²) in [6.07, 6.45) is 9.10. The number of halogens is 1. The standard InChI is InChI=1S/C34H48FN7O6S/c1-23-17-46-18-24(2)42(23)33(43)29-13-26(35)5-8-30(29)48-31-15-36-22-37-32(31)41-20-34(21-41)9-11-40(12-10-34)16-28-7-6-27(19-47-28)39-49(44,45)38-14-25-3-4-25/h5,8,13,15,22-25,27-28,38-39H,3-4,6-7,9-12,14,16-21H2,1-2H3/t23-,24-,27-,28+/m1/s1. The summed E-state index contributed by atoms with van der Waals surface area (Å²) in [7, 11) is -3.49. The van der Waals surface area contributed by atoms with E-state index in [1.807, 2.05) is 13.8 Å². The van der Waals surface area contributed by atoms with E-state index in [0.29, 0.717) is 43.9 Å².